The molecule has 30 heavy (non-hydrogen) atoms. The number of carbonyl (C=O) groups is 1. The van der Waals surface area contributed by atoms with Crippen molar-refractivity contribution in [1.29, 1.82) is 0 Å². The van der Waals surface area contributed by atoms with Crippen LogP contribution in [0.3, 0.4) is 0 Å². The van der Waals surface area contributed by atoms with Crippen LogP contribution in [0.25, 0.3) is 10.8 Å². The Morgan fingerprint density at radius 3 is 2.27 bits per heavy atom. The van der Waals surface area contributed by atoms with E-state index in [1.54, 1.807) is 0 Å². The molecule has 0 aromatic heterocycles. The monoisotopic (exact) mass is 405 g/mol. The van der Waals surface area contributed by atoms with Crippen LogP contribution in [0.4, 0.5) is 0 Å². The van der Waals surface area contributed by atoms with Crippen LogP contribution in [0, 0.1) is 0 Å². The van der Waals surface area contributed by atoms with Gasteiger partial charge in [0.05, 0.1) is 6.54 Å². The fraction of sp³-hybridized carbons (Fsp3) is 0.346. The van der Waals surface area contributed by atoms with E-state index in [9.17, 15) is 4.79 Å². The van der Waals surface area contributed by atoms with Crippen LogP contribution in [0.5, 0.6) is 11.5 Å². The summed E-state index contributed by atoms with van der Waals surface area (Å²) in [6.07, 6.45) is 0.0607. The van der Waals surface area contributed by atoms with Crippen molar-refractivity contribution >= 4 is 16.7 Å². The lowest BCUT2D eigenvalue weighted by atomic mass is 9.87. The van der Waals surface area contributed by atoms with Gasteiger partial charge >= 0.3 is 0 Å². The first-order valence-electron chi connectivity index (χ1n) is 10.5. The van der Waals surface area contributed by atoms with E-state index in [-0.39, 0.29) is 11.3 Å². The maximum absolute atomic E-state index is 12.5. The third-order valence-corrected chi connectivity index (χ3v) is 5.05. The molecular weight excluding hydrogens is 374 g/mol. The predicted octanol–water partition coefficient (Wildman–Crippen LogP) is 5.49. The minimum Gasteiger partial charge on any atom is -0.492 e. The number of fused-ring (bicyclic) bond motifs is 1. The molecule has 1 atom stereocenters. The summed E-state index contributed by atoms with van der Waals surface area (Å²) in [5, 5.41) is 5.15. The van der Waals surface area contributed by atoms with E-state index in [1.165, 1.54) is 5.56 Å². The molecule has 1 unspecified atom stereocenters. The molecule has 4 heteroatoms. The zero-order valence-corrected chi connectivity index (χ0v) is 18.3. The first-order valence-corrected chi connectivity index (χ1v) is 10.5. The third-order valence-electron chi connectivity index (χ3n) is 5.05. The van der Waals surface area contributed by atoms with E-state index in [0.29, 0.717) is 25.3 Å². The van der Waals surface area contributed by atoms with E-state index in [4.69, 9.17) is 9.47 Å². The van der Waals surface area contributed by atoms with Gasteiger partial charge in [0.15, 0.2) is 6.10 Å². The Balaban J connectivity index is 1.47. The van der Waals surface area contributed by atoms with Crippen molar-refractivity contribution in [1.82, 2.24) is 5.32 Å². The van der Waals surface area contributed by atoms with Gasteiger partial charge in [-0.05, 0) is 52.4 Å². The summed E-state index contributed by atoms with van der Waals surface area (Å²) in [4.78, 5) is 12.5. The molecule has 0 bridgehead atoms. The number of nitrogens with one attached hydrogen (secondary N) is 1. The summed E-state index contributed by atoms with van der Waals surface area (Å²) in [7, 11) is 0. The van der Waals surface area contributed by atoms with Gasteiger partial charge in [0, 0.05) is 0 Å². The SMILES string of the molecule is CCC(Oc1ccc2ccccc2c1)C(=O)NCCOc1ccc(C(C)(C)C)cc1. The largest absolute Gasteiger partial charge is 0.492 e. The first kappa shape index (κ1) is 21.7. The molecule has 3 rings (SSSR count). The second kappa shape index (κ2) is 9.66. The highest BCUT2D eigenvalue weighted by molar-refractivity contribution is 5.84. The summed E-state index contributed by atoms with van der Waals surface area (Å²) in [6, 6.07) is 22.1. The molecule has 0 heterocycles. The topological polar surface area (TPSA) is 47.6 Å². The lowest BCUT2D eigenvalue weighted by Crippen LogP contribution is -2.39. The number of rotatable bonds is 8. The van der Waals surface area contributed by atoms with Crippen LogP contribution in [0.2, 0.25) is 0 Å². The van der Waals surface area contributed by atoms with E-state index in [2.05, 4.69) is 44.3 Å². The molecule has 0 saturated heterocycles. The van der Waals surface area contributed by atoms with Gasteiger partial charge in [-0.25, -0.2) is 0 Å². The highest BCUT2D eigenvalue weighted by Gasteiger charge is 2.18. The van der Waals surface area contributed by atoms with Crippen LogP contribution in [0.1, 0.15) is 39.7 Å². The maximum Gasteiger partial charge on any atom is 0.261 e. The predicted molar refractivity (Wildman–Crippen MR) is 122 cm³/mol. The number of ether oxygens (including phenoxy) is 2. The van der Waals surface area contributed by atoms with Crippen LogP contribution in [-0.4, -0.2) is 25.2 Å². The Bertz CT molecular complexity index is 973. The van der Waals surface area contributed by atoms with Gasteiger partial charge in [-0.2, -0.15) is 0 Å². The summed E-state index contributed by atoms with van der Waals surface area (Å²) in [5.41, 5.74) is 1.38. The maximum atomic E-state index is 12.5. The lowest BCUT2D eigenvalue weighted by Gasteiger charge is -2.19. The summed E-state index contributed by atoms with van der Waals surface area (Å²) < 4.78 is 11.7. The van der Waals surface area contributed by atoms with Crippen molar-refractivity contribution < 1.29 is 14.3 Å². The van der Waals surface area contributed by atoms with Crippen LogP contribution in [0.15, 0.2) is 66.7 Å². The Labute approximate surface area is 179 Å². The van der Waals surface area contributed by atoms with Gasteiger partial charge in [-0.3, -0.25) is 4.79 Å². The molecule has 3 aromatic rings. The zero-order valence-electron chi connectivity index (χ0n) is 18.3. The van der Waals surface area contributed by atoms with Gasteiger partial charge in [-0.1, -0.05) is 70.2 Å². The van der Waals surface area contributed by atoms with Gasteiger partial charge in [0.1, 0.15) is 18.1 Å². The molecule has 1 N–H and O–H groups in total. The zero-order chi connectivity index (χ0) is 21.6. The fourth-order valence-electron chi connectivity index (χ4n) is 3.24. The number of benzene rings is 3. The van der Waals surface area contributed by atoms with E-state index < -0.39 is 6.10 Å². The van der Waals surface area contributed by atoms with Crippen molar-refractivity contribution in [2.24, 2.45) is 0 Å². The highest BCUT2D eigenvalue weighted by Crippen LogP contribution is 2.24. The first-order chi connectivity index (χ1) is 14.4. The molecule has 0 saturated carbocycles. The van der Waals surface area contributed by atoms with Crippen molar-refractivity contribution in [3.8, 4) is 11.5 Å². The molecule has 0 aliphatic rings. The number of hydrogen-bond acceptors (Lipinski definition) is 3. The highest BCUT2D eigenvalue weighted by atomic mass is 16.5. The van der Waals surface area contributed by atoms with Gasteiger partial charge < -0.3 is 14.8 Å². The Morgan fingerprint density at radius 2 is 1.60 bits per heavy atom. The molecule has 3 aromatic carbocycles. The van der Waals surface area contributed by atoms with Crippen molar-refractivity contribution in [2.45, 2.75) is 45.6 Å². The second-order valence-corrected chi connectivity index (χ2v) is 8.44. The number of hydrogen-bond donors (Lipinski definition) is 1. The van der Waals surface area contributed by atoms with Crippen LogP contribution >= 0.6 is 0 Å². The molecule has 158 valence electrons. The van der Waals surface area contributed by atoms with Crippen molar-refractivity contribution in [2.75, 3.05) is 13.2 Å². The van der Waals surface area contributed by atoms with Crippen molar-refractivity contribution in [3.63, 3.8) is 0 Å². The third kappa shape index (κ3) is 5.76. The molecule has 0 spiro atoms. The molecule has 0 radical (unpaired) electrons. The summed E-state index contributed by atoms with van der Waals surface area (Å²) in [6.45, 7) is 9.33. The van der Waals surface area contributed by atoms with E-state index in [0.717, 1.165) is 16.5 Å². The van der Waals surface area contributed by atoms with E-state index in [1.807, 2.05) is 55.5 Å². The quantitative estimate of drug-likeness (QED) is 0.504. The average molecular weight is 406 g/mol. The van der Waals surface area contributed by atoms with Crippen LogP contribution < -0.4 is 14.8 Å². The standard InChI is InChI=1S/C26H31NO3/c1-5-24(30-23-13-10-19-8-6-7-9-20(19)18-23)25(28)27-16-17-29-22-14-11-21(12-15-22)26(2,3)4/h6-15,18,24H,5,16-17H2,1-4H3,(H,27,28). The Hall–Kier alpha value is -3.01. The smallest absolute Gasteiger partial charge is 0.261 e. The fourth-order valence-corrected chi connectivity index (χ4v) is 3.24. The molecule has 0 aliphatic carbocycles. The summed E-state index contributed by atoms with van der Waals surface area (Å²) in [5.74, 6) is 1.37. The van der Waals surface area contributed by atoms with Crippen molar-refractivity contribution in [3.05, 3.63) is 72.3 Å². The van der Waals surface area contributed by atoms with Gasteiger partial charge in [0.25, 0.3) is 5.91 Å². The molecule has 1 amide bonds. The minimum absolute atomic E-state index is 0.118. The molecule has 0 aliphatic heterocycles. The van der Waals surface area contributed by atoms with Gasteiger partial charge in [-0.15, -0.1) is 0 Å². The number of amides is 1. The lowest BCUT2D eigenvalue weighted by molar-refractivity contribution is -0.128. The summed E-state index contributed by atoms with van der Waals surface area (Å²) >= 11 is 0. The van der Waals surface area contributed by atoms with Gasteiger partial charge in [0.2, 0.25) is 0 Å². The molecule has 0 fully saturated rings. The van der Waals surface area contributed by atoms with E-state index >= 15 is 0 Å². The molecule has 4 nitrogen and oxygen atoms in total. The number of carbonyl (C=O) groups excluding carboxylic acids is 1. The Morgan fingerprint density at radius 1 is 0.933 bits per heavy atom. The average Bonchev–Trinajstić information content (AvgIpc) is 2.74. The normalized spacial score (nSPS) is 12.4. The minimum atomic E-state index is -0.530. The molecular formula is C26H31NO3. The second-order valence-electron chi connectivity index (χ2n) is 8.44. The van der Waals surface area contributed by atoms with Crippen LogP contribution in [-0.2, 0) is 10.2 Å². The Kier molecular flexibility index (Phi) is 6.99.